The molecule has 0 aromatic carbocycles. The van der Waals surface area contributed by atoms with Crippen LogP contribution >= 0.6 is 12.2 Å². The molecule has 0 atom stereocenters. The lowest BCUT2D eigenvalue weighted by molar-refractivity contribution is 0.314. The van der Waals surface area contributed by atoms with Gasteiger partial charge in [-0.25, -0.2) is 0 Å². The normalized spacial score (nSPS) is 17.8. The Morgan fingerprint density at radius 1 is 1.47 bits per heavy atom. The summed E-state index contributed by atoms with van der Waals surface area (Å²) in [6, 6.07) is 0. The lowest BCUT2D eigenvalue weighted by Crippen LogP contribution is -2.21. The zero-order valence-corrected chi connectivity index (χ0v) is 10.5. The minimum atomic E-state index is 0.251. The highest BCUT2D eigenvalue weighted by Gasteiger charge is 2.26. The maximum Gasteiger partial charge on any atom is 0.195 e. The van der Waals surface area contributed by atoms with E-state index < -0.39 is 0 Å². The zero-order chi connectivity index (χ0) is 11.1. The molecule has 84 valence electrons. The molecule has 0 radical (unpaired) electrons. The molecule has 1 fully saturated rings. The highest BCUT2D eigenvalue weighted by molar-refractivity contribution is 7.71. The van der Waals surface area contributed by atoms with Crippen molar-refractivity contribution in [3.05, 3.63) is 10.6 Å². The van der Waals surface area contributed by atoms with Gasteiger partial charge in [-0.1, -0.05) is 27.2 Å². The Bertz CT molecular complexity index is 393. The van der Waals surface area contributed by atoms with Gasteiger partial charge >= 0.3 is 0 Å². The van der Waals surface area contributed by atoms with Crippen molar-refractivity contribution in [1.82, 2.24) is 14.8 Å². The van der Waals surface area contributed by atoms with Gasteiger partial charge in [0, 0.05) is 12.5 Å². The summed E-state index contributed by atoms with van der Waals surface area (Å²) in [6.45, 7) is 7.64. The van der Waals surface area contributed by atoms with E-state index in [2.05, 4.69) is 35.5 Å². The van der Waals surface area contributed by atoms with E-state index in [1.54, 1.807) is 0 Å². The summed E-state index contributed by atoms with van der Waals surface area (Å²) in [7, 11) is 0. The zero-order valence-electron chi connectivity index (χ0n) is 9.71. The number of nitrogens with zero attached hydrogens (tertiary/aromatic N) is 2. The summed E-state index contributed by atoms with van der Waals surface area (Å²) in [4.78, 5) is 0. The van der Waals surface area contributed by atoms with Gasteiger partial charge in [-0.05, 0) is 30.5 Å². The molecular weight excluding hydrogens is 206 g/mol. The molecule has 1 aromatic rings. The van der Waals surface area contributed by atoms with Gasteiger partial charge in [0.2, 0.25) is 0 Å². The average Bonchev–Trinajstić information content (AvgIpc) is 2.30. The smallest absolute Gasteiger partial charge is 0.195 e. The quantitative estimate of drug-likeness (QED) is 0.784. The second-order valence-electron chi connectivity index (χ2n) is 5.66. The monoisotopic (exact) mass is 225 g/mol. The van der Waals surface area contributed by atoms with Crippen molar-refractivity contribution in [2.75, 3.05) is 0 Å². The van der Waals surface area contributed by atoms with Crippen LogP contribution in [-0.2, 0) is 6.54 Å². The summed E-state index contributed by atoms with van der Waals surface area (Å²) >= 11 is 5.28. The molecule has 3 nitrogen and oxygen atoms in total. The maximum atomic E-state index is 5.28. The van der Waals surface area contributed by atoms with Gasteiger partial charge < -0.3 is 4.57 Å². The molecule has 0 amide bonds. The van der Waals surface area contributed by atoms with Crippen molar-refractivity contribution < 1.29 is 0 Å². The summed E-state index contributed by atoms with van der Waals surface area (Å²) in [5.41, 5.74) is 0.251. The van der Waals surface area contributed by atoms with E-state index in [0.717, 1.165) is 11.3 Å². The Labute approximate surface area is 95.9 Å². The van der Waals surface area contributed by atoms with E-state index in [1.807, 2.05) is 0 Å². The maximum absolute atomic E-state index is 5.28. The molecule has 1 aliphatic carbocycles. The number of rotatable bonds is 2. The number of hydrogen-bond donors (Lipinski definition) is 1. The third-order valence-corrected chi connectivity index (χ3v) is 3.20. The Morgan fingerprint density at radius 3 is 2.60 bits per heavy atom. The van der Waals surface area contributed by atoms with Crippen LogP contribution in [0.4, 0.5) is 0 Å². The molecule has 4 heteroatoms. The van der Waals surface area contributed by atoms with Crippen LogP contribution in [0.3, 0.4) is 0 Å². The lowest BCUT2D eigenvalue weighted by atomic mass is 9.84. The molecule has 0 saturated heterocycles. The van der Waals surface area contributed by atoms with Crippen LogP contribution in [0, 0.1) is 10.2 Å². The Balaban J connectivity index is 2.27. The fraction of sp³-hybridized carbons (Fsp3) is 0.818. The molecule has 15 heavy (non-hydrogen) atoms. The molecule has 2 rings (SSSR count). The summed E-state index contributed by atoms with van der Waals surface area (Å²) < 4.78 is 2.95. The van der Waals surface area contributed by atoms with E-state index >= 15 is 0 Å². The number of nitrogens with one attached hydrogen (secondary N) is 1. The number of hydrogen-bond acceptors (Lipinski definition) is 2. The van der Waals surface area contributed by atoms with Crippen molar-refractivity contribution in [2.24, 2.45) is 5.41 Å². The van der Waals surface area contributed by atoms with E-state index in [9.17, 15) is 0 Å². The third-order valence-electron chi connectivity index (χ3n) is 2.89. The number of aromatic nitrogens is 3. The minimum absolute atomic E-state index is 0.251. The van der Waals surface area contributed by atoms with Gasteiger partial charge in [0.25, 0.3) is 0 Å². The molecule has 1 N–H and O–H groups in total. The van der Waals surface area contributed by atoms with Crippen molar-refractivity contribution in [1.29, 1.82) is 0 Å². The second-order valence-corrected chi connectivity index (χ2v) is 6.05. The molecular formula is C11H19N3S. The SMILES string of the molecule is CC(C)(C)Cn1c(C2CCC2)n[nH]c1=S. The predicted octanol–water partition coefficient (Wildman–Crippen LogP) is 3.25. The van der Waals surface area contributed by atoms with Crippen LogP contribution in [0.25, 0.3) is 0 Å². The van der Waals surface area contributed by atoms with Gasteiger partial charge in [0.05, 0.1) is 0 Å². The van der Waals surface area contributed by atoms with Gasteiger partial charge in [0.15, 0.2) is 4.77 Å². The summed E-state index contributed by atoms with van der Waals surface area (Å²) in [5.74, 6) is 1.81. The first-order chi connectivity index (χ1) is 6.97. The van der Waals surface area contributed by atoms with Crippen molar-refractivity contribution in [3.63, 3.8) is 0 Å². The van der Waals surface area contributed by atoms with Gasteiger partial charge in [-0.3, -0.25) is 5.10 Å². The molecule has 0 bridgehead atoms. The lowest BCUT2D eigenvalue weighted by Gasteiger charge is -2.27. The Morgan fingerprint density at radius 2 is 2.13 bits per heavy atom. The molecule has 0 spiro atoms. The Kier molecular flexibility index (Phi) is 2.71. The first kappa shape index (κ1) is 10.9. The topological polar surface area (TPSA) is 33.6 Å². The van der Waals surface area contributed by atoms with E-state index in [0.29, 0.717) is 5.92 Å². The van der Waals surface area contributed by atoms with E-state index in [1.165, 1.54) is 25.1 Å². The van der Waals surface area contributed by atoms with Gasteiger partial charge in [-0.15, -0.1) is 0 Å². The van der Waals surface area contributed by atoms with Crippen molar-refractivity contribution in [3.8, 4) is 0 Å². The van der Waals surface area contributed by atoms with Crippen molar-refractivity contribution >= 4 is 12.2 Å². The van der Waals surface area contributed by atoms with Crippen LogP contribution in [-0.4, -0.2) is 14.8 Å². The minimum Gasteiger partial charge on any atom is -0.303 e. The predicted molar refractivity (Wildman–Crippen MR) is 63.5 cm³/mol. The highest BCUT2D eigenvalue weighted by atomic mass is 32.1. The first-order valence-corrected chi connectivity index (χ1v) is 6.03. The largest absolute Gasteiger partial charge is 0.303 e. The number of H-pyrrole nitrogens is 1. The summed E-state index contributed by atoms with van der Waals surface area (Å²) in [6.07, 6.45) is 3.87. The fourth-order valence-corrected chi connectivity index (χ4v) is 2.14. The van der Waals surface area contributed by atoms with Crippen molar-refractivity contribution in [2.45, 2.75) is 52.5 Å². The molecule has 1 aromatic heterocycles. The van der Waals surface area contributed by atoms with Gasteiger partial charge in [-0.2, -0.15) is 5.10 Å². The molecule has 1 saturated carbocycles. The fourth-order valence-electron chi connectivity index (χ4n) is 1.94. The average molecular weight is 225 g/mol. The van der Waals surface area contributed by atoms with Crippen LogP contribution in [0.15, 0.2) is 0 Å². The summed E-state index contributed by atoms with van der Waals surface area (Å²) in [5, 5.41) is 7.29. The van der Waals surface area contributed by atoms with Crippen LogP contribution in [0.1, 0.15) is 51.8 Å². The van der Waals surface area contributed by atoms with E-state index in [4.69, 9.17) is 12.2 Å². The van der Waals surface area contributed by atoms with Gasteiger partial charge in [0.1, 0.15) is 5.82 Å². The molecule has 0 aliphatic heterocycles. The van der Waals surface area contributed by atoms with Crippen LogP contribution in [0.2, 0.25) is 0 Å². The third kappa shape index (κ3) is 2.30. The highest BCUT2D eigenvalue weighted by Crippen LogP contribution is 2.35. The second kappa shape index (κ2) is 3.74. The Hall–Kier alpha value is -0.640. The first-order valence-electron chi connectivity index (χ1n) is 5.62. The van der Waals surface area contributed by atoms with Crippen LogP contribution in [0.5, 0.6) is 0 Å². The molecule has 0 unspecified atom stereocenters. The number of aromatic amines is 1. The standard InChI is InChI=1S/C11H19N3S/c1-11(2,3)7-14-9(8-5-4-6-8)12-13-10(14)15/h8H,4-7H2,1-3H3,(H,13,15). The molecule has 1 aliphatic rings. The molecule has 1 heterocycles. The van der Waals surface area contributed by atoms with E-state index in [-0.39, 0.29) is 5.41 Å². The van der Waals surface area contributed by atoms with Crippen LogP contribution < -0.4 is 0 Å².